The minimum absolute atomic E-state index is 0.313. The number of nitrogens with zero attached hydrogens (tertiary/aromatic N) is 1. The standard InChI is InChI=1S/C10H16BrNO2/c1-8-9(3-4-14-8)6-12(2)7-10(13)5-11/h3-4,10,13H,5-7H2,1-2H3. The summed E-state index contributed by atoms with van der Waals surface area (Å²) in [4.78, 5) is 2.07. The molecule has 0 fully saturated rings. The summed E-state index contributed by atoms with van der Waals surface area (Å²) in [6, 6.07) is 1.96. The molecule has 1 atom stereocenters. The Labute approximate surface area is 92.8 Å². The molecule has 1 aromatic rings. The highest BCUT2D eigenvalue weighted by atomic mass is 79.9. The summed E-state index contributed by atoms with van der Waals surface area (Å²) in [7, 11) is 1.98. The molecule has 14 heavy (non-hydrogen) atoms. The maximum atomic E-state index is 9.41. The van der Waals surface area contributed by atoms with Gasteiger partial charge in [-0.3, -0.25) is 4.90 Å². The van der Waals surface area contributed by atoms with Crippen molar-refractivity contribution in [2.24, 2.45) is 0 Å². The van der Waals surface area contributed by atoms with Crippen LogP contribution in [0.4, 0.5) is 0 Å². The number of hydrogen-bond acceptors (Lipinski definition) is 3. The molecule has 1 unspecified atom stereocenters. The van der Waals surface area contributed by atoms with E-state index < -0.39 is 0 Å². The predicted octanol–water partition coefficient (Wildman–Crippen LogP) is 1.78. The van der Waals surface area contributed by atoms with Gasteiger partial charge < -0.3 is 9.52 Å². The Morgan fingerprint density at radius 2 is 2.36 bits per heavy atom. The summed E-state index contributed by atoms with van der Waals surface area (Å²) in [5.74, 6) is 0.949. The van der Waals surface area contributed by atoms with Gasteiger partial charge in [-0.15, -0.1) is 0 Å². The Balaban J connectivity index is 2.41. The molecule has 0 saturated carbocycles. The van der Waals surface area contributed by atoms with Crippen LogP contribution in [-0.2, 0) is 6.54 Å². The van der Waals surface area contributed by atoms with Crippen LogP contribution in [0, 0.1) is 6.92 Å². The molecule has 0 aliphatic heterocycles. The Morgan fingerprint density at radius 3 is 2.86 bits per heavy atom. The number of alkyl halides is 1. The van der Waals surface area contributed by atoms with E-state index >= 15 is 0 Å². The first-order chi connectivity index (χ1) is 6.63. The van der Waals surface area contributed by atoms with E-state index in [1.165, 1.54) is 5.56 Å². The Morgan fingerprint density at radius 1 is 1.64 bits per heavy atom. The smallest absolute Gasteiger partial charge is 0.105 e. The molecule has 80 valence electrons. The summed E-state index contributed by atoms with van der Waals surface area (Å²) in [6.45, 7) is 3.42. The maximum Gasteiger partial charge on any atom is 0.105 e. The minimum Gasteiger partial charge on any atom is -0.469 e. The lowest BCUT2D eigenvalue weighted by Crippen LogP contribution is -2.29. The van der Waals surface area contributed by atoms with Crippen LogP contribution in [-0.4, -0.2) is 35.0 Å². The van der Waals surface area contributed by atoms with Crippen LogP contribution in [0.1, 0.15) is 11.3 Å². The Hall–Kier alpha value is -0.320. The average Bonchev–Trinajstić information content (AvgIpc) is 2.51. The average molecular weight is 262 g/mol. The molecule has 3 nitrogen and oxygen atoms in total. The number of rotatable bonds is 5. The summed E-state index contributed by atoms with van der Waals surface area (Å²) in [5.41, 5.74) is 1.18. The highest BCUT2D eigenvalue weighted by molar-refractivity contribution is 9.09. The quantitative estimate of drug-likeness (QED) is 0.822. The number of aryl methyl sites for hydroxylation is 1. The van der Waals surface area contributed by atoms with Crippen molar-refractivity contribution in [2.75, 3.05) is 18.9 Å². The Bertz CT molecular complexity index is 275. The summed E-state index contributed by atoms with van der Waals surface area (Å²) < 4.78 is 5.20. The number of aliphatic hydroxyl groups excluding tert-OH is 1. The molecule has 0 spiro atoms. The van der Waals surface area contributed by atoms with E-state index in [1.807, 2.05) is 20.0 Å². The highest BCUT2D eigenvalue weighted by Crippen LogP contribution is 2.11. The van der Waals surface area contributed by atoms with Crippen LogP contribution in [0.3, 0.4) is 0 Å². The molecular formula is C10H16BrNO2. The second kappa shape index (κ2) is 5.53. The van der Waals surface area contributed by atoms with Gasteiger partial charge in [0.05, 0.1) is 12.4 Å². The first-order valence-electron chi connectivity index (χ1n) is 4.59. The van der Waals surface area contributed by atoms with E-state index in [0.29, 0.717) is 11.9 Å². The van der Waals surface area contributed by atoms with Gasteiger partial charge in [-0.2, -0.15) is 0 Å². The summed E-state index contributed by atoms with van der Waals surface area (Å²) in [6.07, 6.45) is 1.38. The molecular weight excluding hydrogens is 246 g/mol. The maximum absolute atomic E-state index is 9.41. The van der Waals surface area contributed by atoms with E-state index in [1.54, 1.807) is 6.26 Å². The molecule has 4 heteroatoms. The van der Waals surface area contributed by atoms with Gasteiger partial charge in [-0.1, -0.05) is 15.9 Å². The van der Waals surface area contributed by atoms with Gasteiger partial charge in [0, 0.05) is 24.0 Å². The summed E-state index contributed by atoms with van der Waals surface area (Å²) in [5, 5.41) is 10.0. The fraction of sp³-hybridized carbons (Fsp3) is 0.600. The molecule has 0 amide bonds. The third-order valence-corrected chi connectivity index (χ3v) is 2.85. The van der Waals surface area contributed by atoms with E-state index in [0.717, 1.165) is 12.3 Å². The van der Waals surface area contributed by atoms with Crippen molar-refractivity contribution in [1.29, 1.82) is 0 Å². The SMILES string of the molecule is Cc1occc1CN(C)CC(O)CBr. The number of likely N-dealkylation sites (N-methyl/N-ethyl adjacent to an activating group) is 1. The number of halogens is 1. The van der Waals surface area contributed by atoms with Crippen molar-refractivity contribution in [2.45, 2.75) is 19.6 Å². The third kappa shape index (κ3) is 3.44. The highest BCUT2D eigenvalue weighted by Gasteiger charge is 2.09. The third-order valence-electron chi connectivity index (χ3n) is 2.11. The molecule has 0 bridgehead atoms. The molecule has 0 aliphatic carbocycles. The van der Waals surface area contributed by atoms with Crippen LogP contribution in [0.2, 0.25) is 0 Å². The van der Waals surface area contributed by atoms with Gasteiger partial charge in [0.25, 0.3) is 0 Å². The van der Waals surface area contributed by atoms with Crippen LogP contribution in [0.5, 0.6) is 0 Å². The lowest BCUT2D eigenvalue weighted by atomic mass is 10.2. The molecule has 1 aromatic heterocycles. The van der Waals surface area contributed by atoms with E-state index in [2.05, 4.69) is 20.8 Å². The second-order valence-electron chi connectivity index (χ2n) is 3.51. The van der Waals surface area contributed by atoms with Crippen molar-refractivity contribution < 1.29 is 9.52 Å². The summed E-state index contributed by atoms with van der Waals surface area (Å²) >= 11 is 3.24. The van der Waals surface area contributed by atoms with Crippen molar-refractivity contribution in [3.63, 3.8) is 0 Å². The fourth-order valence-electron chi connectivity index (χ4n) is 1.34. The van der Waals surface area contributed by atoms with Crippen LogP contribution in [0.15, 0.2) is 16.7 Å². The molecule has 1 rings (SSSR count). The molecule has 1 N–H and O–H groups in total. The van der Waals surface area contributed by atoms with Crippen LogP contribution >= 0.6 is 15.9 Å². The molecule has 0 aromatic carbocycles. The van der Waals surface area contributed by atoms with Gasteiger partial charge in [-0.25, -0.2) is 0 Å². The van der Waals surface area contributed by atoms with Crippen molar-refractivity contribution >= 4 is 15.9 Å². The topological polar surface area (TPSA) is 36.6 Å². The van der Waals surface area contributed by atoms with Crippen molar-refractivity contribution in [3.05, 3.63) is 23.7 Å². The van der Waals surface area contributed by atoms with Gasteiger partial charge in [0.1, 0.15) is 5.76 Å². The number of hydrogen-bond donors (Lipinski definition) is 1. The van der Waals surface area contributed by atoms with Gasteiger partial charge in [0.2, 0.25) is 0 Å². The lowest BCUT2D eigenvalue weighted by Gasteiger charge is -2.18. The Kier molecular flexibility index (Phi) is 4.65. The first kappa shape index (κ1) is 11.8. The van der Waals surface area contributed by atoms with Crippen molar-refractivity contribution in [3.8, 4) is 0 Å². The van der Waals surface area contributed by atoms with Crippen molar-refractivity contribution in [1.82, 2.24) is 4.90 Å². The van der Waals surface area contributed by atoms with E-state index in [9.17, 15) is 5.11 Å². The fourth-order valence-corrected chi connectivity index (χ4v) is 1.54. The zero-order valence-corrected chi connectivity index (χ0v) is 10.1. The minimum atomic E-state index is -0.313. The molecule has 0 saturated heterocycles. The normalized spacial score (nSPS) is 13.5. The van der Waals surface area contributed by atoms with E-state index in [4.69, 9.17) is 4.42 Å². The monoisotopic (exact) mass is 261 g/mol. The van der Waals surface area contributed by atoms with Crippen LogP contribution < -0.4 is 0 Å². The first-order valence-corrected chi connectivity index (χ1v) is 5.71. The predicted molar refractivity (Wildman–Crippen MR) is 59.6 cm³/mol. The zero-order valence-electron chi connectivity index (χ0n) is 8.53. The molecule has 0 aliphatic rings. The second-order valence-corrected chi connectivity index (χ2v) is 4.15. The van der Waals surface area contributed by atoms with Crippen LogP contribution in [0.25, 0.3) is 0 Å². The zero-order chi connectivity index (χ0) is 10.6. The lowest BCUT2D eigenvalue weighted by molar-refractivity contribution is 0.143. The largest absolute Gasteiger partial charge is 0.469 e. The van der Waals surface area contributed by atoms with E-state index in [-0.39, 0.29) is 6.10 Å². The molecule has 0 radical (unpaired) electrons. The number of aliphatic hydroxyl groups is 1. The van der Waals surface area contributed by atoms with Gasteiger partial charge in [0.15, 0.2) is 0 Å². The van der Waals surface area contributed by atoms with Gasteiger partial charge in [-0.05, 0) is 20.0 Å². The molecule has 1 heterocycles. The number of furan rings is 1. The van der Waals surface area contributed by atoms with Gasteiger partial charge >= 0.3 is 0 Å².